The van der Waals surface area contributed by atoms with Crippen molar-refractivity contribution >= 4 is 22.6 Å². The quantitative estimate of drug-likeness (QED) is 0.328. The summed E-state index contributed by atoms with van der Waals surface area (Å²) < 4.78 is 17.2. The average molecular weight is 505 g/mol. The Bertz CT molecular complexity index is 1870. The molecule has 0 atom stereocenters. The maximum atomic E-state index is 15.2. The number of pyridine rings is 1. The number of nitrogens with zero attached hydrogens (tertiary/aromatic N) is 6. The number of rotatable bonds is 5. The molecule has 0 spiro atoms. The second-order valence-electron chi connectivity index (χ2n) is 9.56. The van der Waals surface area contributed by atoms with Crippen LogP contribution in [-0.4, -0.2) is 35.3 Å². The van der Waals surface area contributed by atoms with Gasteiger partial charge in [-0.15, -0.1) is 5.10 Å². The molecule has 6 aromatic rings. The minimum atomic E-state index is -0.511. The molecule has 7 rings (SSSR count). The Morgan fingerprint density at radius 2 is 1.82 bits per heavy atom. The van der Waals surface area contributed by atoms with Crippen molar-refractivity contribution in [3.63, 3.8) is 0 Å². The Morgan fingerprint density at radius 3 is 2.63 bits per heavy atom. The van der Waals surface area contributed by atoms with Crippen LogP contribution in [0.25, 0.3) is 38.9 Å². The fourth-order valence-corrected chi connectivity index (χ4v) is 5.12. The maximum Gasteiger partial charge on any atom is 0.331 e. The van der Waals surface area contributed by atoms with Gasteiger partial charge < -0.3 is 4.84 Å². The highest BCUT2D eigenvalue weighted by atomic mass is 19.1. The molecule has 1 fully saturated rings. The number of halogens is 1. The number of benzene rings is 2. The largest absolute Gasteiger partial charge is 0.331 e. The standard InChI is InChI=1S/C29H21FN6O2/c1-18(37)38-36-17-22(14-34-36)24-6-4-19(12-25(24)30)21-13-32-28-33-15-27(35(28)16-21)29(8-9-29)23-5-7-26-20(11-23)3-2-10-31-26/h2-7,10-17H,8-9H2,1H3. The molecule has 4 heterocycles. The molecule has 0 saturated heterocycles. The number of fused-ring (bicyclic) bond motifs is 2. The van der Waals surface area contributed by atoms with E-state index in [1.807, 2.05) is 28.9 Å². The molecule has 186 valence electrons. The van der Waals surface area contributed by atoms with Crippen LogP contribution in [0.15, 0.2) is 85.7 Å². The third-order valence-corrected chi connectivity index (χ3v) is 7.16. The summed E-state index contributed by atoms with van der Waals surface area (Å²) in [6, 6.07) is 15.5. The zero-order valence-electron chi connectivity index (χ0n) is 20.4. The van der Waals surface area contributed by atoms with E-state index in [0.717, 1.165) is 39.8 Å². The second kappa shape index (κ2) is 8.31. The monoisotopic (exact) mass is 504 g/mol. The summed E-state index contributed by atoms with van der Waals surface area (Å²) in [7, 11) is 0. The Balaban J connectivity index is 1.25. The molecule has 0 aliphatic heterocycles. The number of aromatic nitrogens is 6. The second-order valence-corrected chi connectivity index (χ2v) is 9.56. The van der Waals surface area contributed by atoms with Crippen LogP contribution in [0.2, 0.25) is 0 Å². The van der Waals surface area contributed by atoms with Crippen molar-refractivity contribution in [1.29, 1.82) is 0 Å². The van der Waals surface area contributed by atoms with E-state index in [-0.39, 0.29) is 5.41 Å². The third-order valence-electron chi connectivity index (χ3n) is 7.16. The number of carbonyl (C=O) groups is 1. The zero-order valence-corrected chi connectivity index (χ0v) is 20.4. The van der Waals surface area contributed by atoms with Crippen LogP contribution in [0.1, 0.15) is 31.0 Å². The molecule has 8 nitrogen and oxygen atoms in total. The van der Waals surface area contributed by atoms with Crippen LogP contribution >= 0.6 is 0 Å². The van der Waals surface area contributed by atoms with Gasteiger partial charge in [0.1, 0.15) is 5.82 Å². The lowest BCUT2D eigenvalue weighted by Gasteiger charge is -2.17. The van der Waals surface area contributed by atoms with Gasteiger partial charge in [-0.05, 0) is 48.2 Å². The highest BCUT2D eigenvalue weighted by Gasteiger charge is 2.48. The molecule has 1 aliphatic carbocycles. The fourth-order valence-electron chi connectivity index (χ4n) is 5.12. The first-order valence-corrected chi connectivity index (χ1v) is 12.2. The van der Waals surface area contributed by atoms with Gasteiger partial charge in [-0.2, -0.15) is 0 Å². The summed E-state index contributed by atoms with van der Waals surface area (Å²) in [5.74, 6) is -0.324. The predicted octanol–water partition coefficient (Wildman–Crippen LogP) is 5.00. The van der Waals surface area contributed by atoms with Gasteiger partial charge >= 0.3 is 5.97 Å². The summed E-state index contributed by atoms with van der Waals surface area (Å²) in [4.78, 5) is 30.6. The topological polar surface area (TPSA) is 87.2 Å². The highest BCUT2D eigenvalue weighted by Crippen LogP contribution is 2.53. The SMILES string of the molecule is CC(=O)On1cc(-c2ccc(-c3cnc4ncc(C5(c6ccc7ncccc7c6)CC5)n4c3)cc2F)cn1. The molecule has 9 heteroatoms. The minimum Gasteiger partial charge on any atom is -0.320 e. The van der Waals surface area contributed by atoms with E-state index >= 15 is 4.39 Å². The highest BCUT2D eigenvalue weighted by molar-refractivity contribution is 5.80. The van der Waals surface area contributed by atoms with Crippen molar-refractivity contribution in [1.82, 2.24) is 29.3 Å². The van der Waals surface area contributed by atoms with Crippen LogP contribution in [-0.2, 0) is 10.2 Å². The van der Waals surface area contributed by atoms with Crippen molar-refractivity contribution in [2.24, 2.45) is 0 Å². The summed E-state index contributed by atoms with van der Waals surface area (Å²) in [6.45, 7) is 1.28. The van der Waals surface area contributed by atoms with E-state index in [2.05, 4.69) is 44.3 Å². The first kappa shape index (κ1) is 22.3. The van der Waals surface area contributed by atoms with Crippen LogP contribution in [0.5, 0.6) is 0 Å². The maximum absolute atomic E-state index is 15.2. The van der Waals surface area contributed by atoms with Gasteiger partial charge in [0.05, 0.1) is 29.8 Å². The fraction of sp³-hybridized carbons (Fsp3) is 0.138. The molecule has 2 aromatic carbocycles. The number of hydrogen-bond donors (Lipinski definition) is 0. The van der Waals surface area contributed by atoms with E-state index in [9.17, 15) is 4.79 Å². The lowest BCUT2D eigenvalue weighted by atomic mass is 9.91. The van der Waals surface area contributed by atoms with Gasteiger partial charge in [0, 0.05) is 53.0 Å². The zero-order chi connectivity index (χ0) is 25.9. The van der Waals surface area contributed by atoms with Gasteiger partial charge in [-0.3, -0.25) is 9.38 Å². The van der Waals surface area contributed by atoms with E-state index < -0.39 is 11.8 Å². The van der Waals surface area contributed by atoms with Crippen LogP contribution in [0.4, 0.5) is 4.39 Å². The van der Waals surface area contributed by atoms with Gasteiger partial charge in [-0.25, -0.2) is 19.2 Å². The number of imidazole rings is 1. The summed E-state index contributed by atoms with van der Waals surface area (Å²) in [5, 5.41) is 5.06. The molecule has 38 heavy (non-hydrogen) atoms. The molecule has 0 radical (unpaired) electrons. The first-order chi connectivity index (χ1) is 18.5. The van der Waals surface area contributed by atoms with Gasteiger partial charge in [0.25, 0.3) is 0 Å². The van der Waals surface area contributed by atoms with Crippen LogP contribution in [0, 0.1) is 5.82 Å². The van der Waals surface area contributed by atoms with E-state index in [1.54, 1.807) is 18.5 Å². The summed E-state index contributed by atoms with van der Waals surface area (Å²) >= 11 is 0. The smallest absolute Gasteiger partial charge is 0.320 e. The normalized spacial score (nSPS) is 14.2. The van der Waals surface area contributed by atoms with Gasteiger partial charge in [0.2, 0.25) is 5.78 Å². The Labute approximate surface area is 216 Å². The lowest BCUT2D eigenvalue weighted by Crippen LogP contribution is -2.16. The Kier molecular flexibility index (Phi) is 4.87. The van der Waals surface area contributed by atoms with Crippen molar-refractivity contribution in [3.8, 4) is 22.3 Å². The molecule has 0 bridgehead atoms. The molecule has 0 unspecified atom stereocenters. The average Bonchev–Trinajstić information content (AvgIpc) is 3.40. The number of carbonyl (C=O) groups excluding carboxylic acids is 1. The van der Waals surface area contributed by atoms with Crippen LogP contribution < -0.4 is 4.84 Å². The van der Waals surface area contributed by atoms with Crippen LogP contribution in [0.3, 0.4) is 0 Å². The first-order valence-electron chi connectivity index (χ1n) is 12.2. The molecule has 4 aromatic heterocycles. The lowest BCUT2D eigenvalue weighted by molar-refractivity contribution is -0.143. The van der Waals surface area contributed by atoms with Gasteiger partial charge in [0.15, 0.2) is 0 Å². The van der Waals surface area contributed by atoms with Crippen molar-refractivity contribution in [2.75, 3.05) is 0 Å². The Hall–Kier alpha value is -4.92. The molecule has 0 N–H and O–H groups in total. The molecule has 0 amide bonds. The Morgan fingerprint density at radius 1 is 0.947 bits per heavy atom. The number of hydrogen-bond acceptors (Lipinski definition) is 6. The van der Waals surface area contributed by atoms with Crippen molar-refractivity contribution in [3.05, 3.63) is 103 Å². The van der Waals surface area contributed by atoms with Gasteiger partial charge in [-0.1, -0.05) is 29.1 Å². The molecular formula is C29H21FN6O2. The summed E-state index contributed by atoms with van der Waals surface area (Å²) in [6.07, 6.45) is 12.3. The van der Waals surface area contributed by atoms with E-state index in [0.29, 0.717) is 22.5 Å². The third kappa shape index (κ3) is 3.62. The van der Waals surface area contributed by atoms with E-state index in [1.165, 1.54) is 30.9 Å². The molecule has 1 aliphatic rings. The predicted molar refractivity (Wildman–Crippen MR) is 139 cm³/mol. The van der Waals surface area contributed by atoms with Crippen molar-refractivity contribution in [2.45, 2.75) is 25.2 Å². The molecular weight excluding hydrogens is 483 g/mol. The summed E-state index contributed by atoms with van der Waals surface area (Å²) in [5.41, 5.74) is 5.45. The van der Waals surface area contributed by atoms with Crippen molar-refractivity contribution < 1.29 is 14.0 Å². The van der Waals surface area contributed by atoms with E-state index in [4.69, 9.17) is 4.84 Å². The minimum absolute atomic E-state index is 0.138. The molecule has 1 saturated carbocycles.